The third-order valence-corrected chi connectivity index (χ3v) is 3.67. The topological polar surface area (TPSA) is 72.2 Å². The van der Waals surface area contributed by atoms with Crippen LogP contribution in [0.3, 0.4) is 0 Å². The van der Waals surface area contributed by atoms with Crippen LogP contribution in [0.5, 0.6) is 0 Å². The van der Waals surface area contributed by atoms with Gasteiger partial charge < -0.3 is 11.1 Å². The summed E-state index contributed by atoms with van der Waals surface area (Å²) in [4.78, 5) is 23.5. The SMILES string of the molecule is C#CCCC[C@H](NC(=O)Cc1ccc2ccccc2c1)C(N)=O. The molecule has 118 valence electrons. The van der Waals surface area contributed by atoms with Gasteiger partial charge in [0.2, 0.25) is 11.8 Å². The van der Waals surface area contributed by atoms with Crippen molar-refractivity contribution < 1.29 is 9.59 Å². The molecule has 0 radical (unpaired) electrons. The molecule has 2 aromatic rings. The van der Waals surface area contributed by atoms with Gasteiger partial charge in [0.1, 0.15) is 6.04 Å². The van der Waals surface area contributed by atoms with Crippen molar-refractivity contribution in [3.8, 4) is 12.3 Å². The fourth-order valence-electron chi connectivity index (χ4n) is 2.47. The van der Waals surface area contributed by atoms with E-state index >= 15 is 0 Å². The molecule has 0 aromatic heterocycles. The first-order valence-corrected chi connectivity index (χ1v) is 7.60. The third-order valence-electron chi connectivity index (χ3n) is 3.67. The Kier molecular flexibility index (Phi) is 5.76. The van der Waals surface area contributed by atoms with Crippen LogP contribution >= 0.6 is 0 Å². The molecule has 1 atom stereocenters. The highest BCUT2D eigenvalue weighted by Crippen LogP contribution is 2.16. The highest BCUT2D eigenvalue weighted by molar-refractivity contribution is 5.88. The number of unbranched alkanes of at least 4 members (excludes halogenated alkanes) is 1. The summed E-state index contributed by atoms with van der Waals surface area (Å²) in [5, 5.41) is 4.90. The molecule has 0 spiro atoms. The average molecular weight is 308 g/mol. The minimum atomic E-state index is -0.670. The number of terminal acetylenes is 1. The summed E-state index contributed by atoms with van der Waals surface area (Å²) in [7, 11) is 0. The van der Waals surface area contributed by atoms with E-state index in [0.717, 1.165) is 16.3 Å². The zero-order valence-corrected chi connectivity index (χ0v) is 12.9. The normalized spacial score (nSPS) is 11.6. The molecule has 0 unspecified atom stereocenters. The largest absolute Gasteiger partial charge is 0.368 e. The van der Waals surface area contributed by atoms with Crippen molar-refractivity contribution in [1.29, 1.82) is 0 Å². The number of benzene rings is 2. The Hall–Kier alpha value is -2.80. The lowest BCUT2D eigenvalue weighted by atomic mass is 10.0. The van der Waals surface area contributed by atoms with Crippen LogP contribution in [0.4, 0.5) is 0 Å². The molecule has 2 amide bonds. The Morgan fingerprint density at radius 3 is 2.61 bits per heavy atom. The lowest BCUT2D eigenvalue weighted by Gasteiger charge is -2.15. The fourth-order valence-corrected chi connectivity index (χ4v) is 2.47. The maximum atomic E-state index is 12.1. The van der Waals surface area contributed by atoms with Gasteiger partial charge in [0.15, 0.2) is 0 Å². The number of rotatable bonds is 7. The van der Waals surface area contributed by atoms with Crippen molar-refractivity contribution in [2.45, 2.75) is 31.7 Å². The van der Waals surface area contributed by atoms with Gasteiger partial charge in [-0.25, -0.2) is 0 Å². The van der Waals surface area contributed by atoms with Gasteiger partial charge in [-0.3, -0.25) is 9.59 Å². The minimum absolute atomic E-state index is 0.212. The Morgan fingerprint density at radius 2 is 1.91 bits per heavy atom. The van der Waals surface area contributed by atoms with Crippen molar-refractivity contribution in [1.82, 2.24) is 5.32 Å². The molecular weight excluding hydrogens is 288 g/mol. The van der Waals surface area contributed by atoms with Crippen molar-refractivity contribution in [3.05, 3.63) is 48.0 Å². The van der Waals surface area contributed by atoms with Crippen LogP contribution in [0, 0.1) is 12.3 Å². The molecule has 0 bridgehead atoms. The van der Waals surface area contributed by atoms with Crippen LogP contribution < -0.4 is 11.1 Å². The molecule has 23 heavy (non-hydrogen) atoms. The van der Waals surface area contributed by atoms with Crippen LogP contribution in [0.15, 0.2) is 42.5 Å². The zero-order valence-electron chi connectivity index (χ0n) is 12.9. The molecule has 0 heterocycles. The van der Waals surface area contributed by atoms with Gasteiger partial charge in [-0.1, -0.05) is 42.5 Å². The van der Waals surface area contributed by atoms with E-state index in [1.165, 1.54) is 0 Å². The van der Waals surface area contributed by atoms with Crippen molar-refractivity contribution in [3.63, 3.8) is 0 Å². The number of primary amides is 1. The highest BCUT2D eigenvalue weighted by Gasteiger charge is 2.17. The van der Waals surface area contributed by atoms with E-state index in [9.17, 15) is 9.59 Å². The van der Waals surface area contributed by atoms with E-state index < -0.39 is 11.9 Å². The Labute approximate surface area is 136 Å². The van der Waals surface area contributed by atoms with E-state index in [4.69, 9.17) is 12.2 Å². The van der Waals surface area contributed by atoms with Gasteiger partial charge in [0.25, 0.3) is 0 Å². The molecule has 0 aliphatic heterocycles. The number of nitrogens with one attached hydrogen (secondary N) is 1. The fraction of sp³-hybridized carbons (Fsp3) is 0.263. The Balaban J connectivity index is 1.98. The summed E-state index contributed by atoms with van der Waals surface area (Å²) < 4.78 is 0. The van der Waals surface area contributed by atoms with Crippen LogP contribution in [-0.2, 0) is 16.0 Å². The van der Waals surface area contributed by atoms with Gasteiger partial charge >= 0.3 is 0 Å². The van der Waals surface area contributed by atoms with Gasteiger partial charge in [0, 0.05) is 6.42 Å². The molecule has 0 aliphatic rings. The second kappa shape index (κ2) is 8.00. The Bertz CT molecular complexity index is 746. The molecule has 2 aromatic carbocycles. The molecule has 2 rings (SSSR count). The molecule has 0 aliphatic carbocycles. The number of nitrogens with two attached hydrogens (primary N) is 1. The highest BCUT2D eigenvalue weighted by atomic mass is 16.2. The van der Waals surface area contributed by atoms with Crippen LogP contribution in [-0.4, -0.2) is 17.9 Å². The monoisotopic (exact) mass is 308 g/mol. The first-order chi connectivity index (χ1) is 11.1. The quantitative estimate of drug-likeness (QED) is 0.608. The first-order valence-electron chi connectivity index (χ1n) is 7.60. The lowest BCUT2D eigenvalue weighted by Crippen LogP contribution is -2.44. The van der Waals surface area contributed by atoms with E-state index in [-0.39, 0.29) is 12.3 Å². The number of carbonyl (C=O) groups excluding carboxylic acids is 2. The first kappa shape index (κ1) is 16.6. The van der Waals surface area contributed by atoms with Gasteiger partial charge in [-0.2, -0.15) is 0 Å². The molecule has 4 heteroatoms. The smallest absolute Gasteiger partial charge is 0.240 e. The van der Waals surface area contributed by atoms with E-state index in [1.807, 2.05) is 42.5 Å². The van der Waals surface area contributed by atoms with Gasteiger partial charge in [-0.05, 0) is 29.2 Å². The van der Waals surface area contributed by atoms with Crippen LogP contribution in [0.1, 0.15) is 24.8 Å². The number of hydrogen-bond acceptors (Lipinski definition) is 2. The molecule has 3 N–H and O–H groups in total. The summed E-state index contributed by atoms with van der Waals surface area (Å²) in [6.07, 6.45) is 7.07. The summed E-state index contributed by atoms with van der Waals surface area (Å²) in [5.41, 5.74) is 6.23. The number of hydrogen-bond donors (Lipinski definition) is 2. The zero-order chi connectivity index (χ0) is 16.7. The summed E-state index contributed by atoms with van der Waals surface area (Å²) in [6.45, 7) is 0. The molecule has 0 fully saturated rings. The molecule has 0 saturated heterocycles. The lowest BCUT2D eigenvalue weighted by molar-refractivity contribution is -0.127. The number of fused-ring (bicyclic) bond motifs is 1. The van der Waals surface area contributed by atoms with E-state index in [0.29, 0.717) is 19.3 Å². The van der Waals surface area contributed by atoms with Crippen molar-refractivity contribution >= 4 is 22.6 Å². The molecule has 0 saturated carbocycles. The summed E-state index contributed by atoms with van der Waals surface area (Å²) in [6, 6.07) is 13.2. The summed E-state index contributed by atoms with van der Waals surface area (Å²) >= 11 is 0. The second-order valence-electron chi connectivity index (χ2n) is 5.48. The predicted octanol–water partition coefficient (Wildman–Crippen LogP) is 2.16. The van der Waals surface area contributed by atoms with Gasteiger partial charge in [-0.15, -0.1) is 12.3 Å². The van der Waals surface area contributed by atoms with Crippen molar-refractivity contribution in [2.24, 2.45) is 5.73 Å². The Morgan fingerprint density at radius 1 is 1.17 bits per heavy atom. The van der Waals surface area contributed by atoms with Crippen LogP contribution in [0.2, 0.25) is 0 Å². The van der Waals surface area contributed by atoms with Gasteiger partial charge in [0.05, 0.1) is 6.42 Å². The van der Waals surface area contributed by atoms with Crippen LogP contribution in [0.25, 0.3) is 10.8 Å². The van der Waals surface area contributed by atoms with E-state index in [2.05, 4.69) is 11.2 Å². The molecule has 4 nitrogen and oxygen atoms in total. The number of carbonyl (C=O) groups is 2. The van der Waals surface area contributed by atoms with Crippen molar-refractivity contribution in [2.75, 3.05) is 0 Å². The minimum Gasteiger partial charge on any atom is -0.368 e. The average Bonchev–Trinajstić information content (AvgIpc) is 2.54. The molecular formula is C19H20N2O2. The standard InChI is InChI=1S/C19H20N2O2/c1-2-3-4-9-17(19(20)23)21-18(22)13-14-10-11-15-7-5-6-8-16(15)12-14/h1,5-8,10-12,17H,3-4,9,13H2,(H2,20,23)(H,21,22)/t17-/m0/s1. The second-order valence-corrected chi connectivity index (χ2v) is 5.48. The number of amides is 2. The van der Waals surface area contributed by atoms with E-state index in [1.54, 1.807) is 0 Å². The third kappa shape index (κ3) is 4.86. The predicted molar refractivity (Wildman–Crippen MR) is 91.5 cm³/mol. The summed E-state index contributed by atoms with van der Waals surface area (Å²) in [5.74, 6) is 1.76. The maximum absolute atomic E-state index is 12.1. The maximum Gasteiger partial charge on any atom is 0.240 e.